The number of hydrogen-bond acceptors (Lipinski definition) is 3. The van der Waals surface area contributed by atoms with Crippen molar-refractivity contribution in [2.75, 3.05) is 38.2 Å². The number of nitrogens with one attached hydrogen (secondary N) is 1. The van der Waals surface area contributed by atoms with E-state index in [1.54, 1.807) is 0 Å². The third-order valence-electron chi connectivity index (χ3n) is 3.09. The Labute approximate surface area is 118 Å². The topological polar surface area (TPSA) is 41.6 Å². The number of ether oxygens (including phenoxy) is 1. The van der Waals surface area contributed by atoms with Gasteiger partial charge in [-0.1, -0.05) is 12.1 Å². The predicted octanol–water partition coefficient (Wildman–Crippen LogP) is 2.26. The first-order chi connectivity index (χ1) is 9.15. The van der Waals surface area contributed by atoms with Gasteiger partial charge >= 0.3 is 0 Å². The van der Waals surface area contributed by atoms with Gasteiger partial charge in [0, 0.05) is 32.2 Å². The van der Waals surface area contributed by atoms with Gasteiger partial charge in [-0.3, -0.25) is 9.69 Å². The van der Waals surface area contributed by atoms with Crippen LogP contribution in [0.25, 0.3) is 0 Å². The summed E-state index contributed by atoms with van der Waals surface area (Å²) in [6, 6.07) is 7.70. The Morgan fingerprint density at radius 1 is 1.47 bits per heavy atom. The highest BCUT2D eigenvalue weighted by Crippen LogP contribution is 2.24. The van der Waals surface area contributed by atoms with E-state index in [0.717, 1.165) is 44.1 Å². The quantitative estimate of drug-likeness (QED) is 0.862. The van der Waals surface area contributed by atoms with Crippen LogP contribution in [0, 0.1) is 0 Å². The highest BCUT2D eigenvalue weighted by atomic mass is 35.5. The highest BCUT2D eigenvalue weighted by molar-refractivity contribution is 6.21. The van der Waals surface area contributed by atoms with E-state index >= 15 is 0 Å². The van der Waals surface area contributed by atoms with Gasteiger partial charge in [-0.2, -0.15) is 0 Å². The van der Waals surface area contributed by atoms with Gasteiger partial charge in [0.1, 0.15) is 0 Å². The molecule has 1 N–H and O–H groups in total. The zero-order chi connectivity index (χ0) is 13.7. The van der Waals surface area contributed by atoms with Crippen molar-refractivity contribution in [1.82, 2.24) is 4.90 Å². The second-order valence-corrected chi connectivity index (χ2v) is 5.21. The molecule has 2 rings (SSSR count). The minimum atomic E-state index is -0.0770. The Kier molecular flexibility index (Phi) is 5.19. The van der Waals surface area contributed by atoms with E-state index in [-0.39, 0.29) is 11.3 Å². The largest absolute Gasteiger partial charge is 0.379 e. The molecule has 1 aromatic rings. The minimum Gasteiger partial charge on any atom is -0.379 e. The fraction of sp³-hybridized carbons (Fsp3) is 0.500. The van der Waals surface area contributed by atoms with Crippen LogP contribution in [-0.4, -0.2) is 43.7 Å². The molecule has 1 aliphatic heterocycles. The molecule has 0 aliphatic carbocycles. The van der Waals surface area contributed by atoms with Crippen LogP contribution in [0.4, 0.5) is 5.69 Å². The van der Waals surface area contributed by atoms with Crippen LogP contribution >= 0.6 is 11.6 Å². The molecule has 19 heavy (non-hydrogen) atoms. The summed E-state index contributed by atoms with van der Waals surface area (Å²) in [5, 5.41) is 2.70. The lowest BCUT2D eigenvalue weighted by Gasteiger charge is -2.28. The lowest BCUT2D eigenvalue weighted by Crippen LogP contribution is -2.38. The standard InChI is InChI=1S/C14H19ClN2O2/c1-11(18)16-13-4-2-3-12(9-13)14(15)10-17-5-7-19-8-6-17/h2-4,9,14H,5-8,10H2,1H3,(H,16,18). The summed E-state index contributed by atoms with van der Waals surface area (Å²) < 4.78 is 5.32. The van der Waals surface area contributed by atoms with Crippen molar-refractivity contribution in [1.29, 1.82) is 0 Å². The molecule has 1 heterocycles. The molecule has 4 nitrogen and oxygen atoms in total. The Morgan fingerprint density at radius 2 is 2.21 bits per heavy atom. The van der Waals surface area contributed by atoms with Crippen LogP contribution in [0.5, 0.6) is 0 Å². The zero-order valence-corrected chi connectivity index (χ0v) is 11.8. The molecular formula is C14H19ClN2O2. The first-order valence-corrected chi connectivity index (χ1v) is 6.90. The molecule has 1 fully saturated rings. The van der Waals surface area contributed by atoms with Crippen molar-refractivity contribution < 1.29 is 9.53 Å². The monoisotopic (exact) mass is 282 g/mol. The molecular weight excluding hydrogens is 264 g/mol. The van der Waals surface area contributed by atoms with Gasteiger partial charge in [-0.05, 0) is 17.7 Å². The molecule has 5 heteroatoms. The maximum Gasteiger partial charge on any atom is 0.221 e. The first kappa shape index (κ1) is 14.3. The van der Waals surface area contributed by atoms with E-state index in [4.69, 9.17) is 16.3 Å². The lowest BCUT2D eigenvalue weighted by atomic mass is 10.1. The summed E-state index contributed by atoms with van der Waals surface area (Å²) in [5.74, 6) is -0.0727. The normalized spacial score (nSPS) is 18.0. The summed E-state index contributed by atoms with van der Waals surface area (Å²) in [6.45, 7) is 5.70. The number of carbonyl (C=O) groups is 1. The molecule has 1 unspecified atom stereocenters. The van der Waals surface area contributed by atoms with Crippen LogP contribution in [0.2, 0.25) is 0 Å². The number of carbonyl (C=O) groups excluding carboxylic acids is 1. The molecule has 104 valence electrons. The first-order valence-electron chi connectivity index (χ1n) is 6.47. The van der Waals surface area contributed by atoms with Crippen molar-refractivity contribution in [2.24, 2.45) is 0 Å². The van der Waals surface area contributed by atoms with Gasteiger partial charge in [0.05, 0.1) is 18.6 Å². The van der Waals surface area contributed by atoms with E-state index in [0.29, 0.717) is 0 Å². The second-order valence-electron chi connectivity index (χ2n) is 4.69. The number of halogens is 1. The van der Waals surface area contributed by atoms with Gasteiger partial charge in [-0.15, -0.1) is 11.6 Å². The van der Waals surface area contributed by atoms with Crippen molar-refractivity contribution in [3.63, 3.8) is 0 Å². The average molecular weight is 283 g/mol. The third-order valence-corrected chi connectivity index (χ3v) is 3.48. The average Bonchev–Trinajstić information content (AvgIpc) is 2.39. The summed E-state index contributed by atoms with van der Waals surface area (Å²) >= 11 is 6.45. The molecule has 0 aromatic heterocycles. The maximum absolute atomic E-state index is 11.0. The highest BCUT2D eigenvalue weighted by Gasteiger charge is 2.16. The van der Waals surface area contributed by atoms with Gasteiger partial charge < -0.3 is 10.1 Å². The molecule has 1 aromatic carbocycles. The molecule has 1 atom stereocenters. The van der Waals surface area contributed by atoms with Crippen LogP contribution < -0.4 is 5.32 Å². The van der Waals surface area contributed by atoms with E-state index in [1.807, 2.05) is 24.3 Å². The maximum atomic E-state index is 11.0. The number of anilines is 1. The summed E-state index contributed by atoms with van der Waals surface area (Å²) in [6.07, 6.45) is 0. The molecule has 1 aliphatic rings. The molecule has 0 saturated carbocycles. The van der Waals surface area contributed by atoms with Crippen LogP contribution in [0.3, 0.4) is 0 Å². The van der Waals surface area contributed by atoms with Crippen molar-refractivity contribution >= 4 is 23.2 Å². The van der Waals surface area contributed by atoms with E-state index in [2.05, 4.69) is 10.2 Å². The molecule has 1 saturated heterocycles. The lowest BCUT2D eigenvalue weighted by molar-refractivity contribution is -0.114. The Balaban J connectivity index is 1.97. The SMILES string of the molecule is CC(=O)Nc1cccc(C(Cl)CN2CCOCC2)c1. The fourth-order valence-electron chi connectivity index (χ4n) is 2.13. The van der Waals surface area contributed by atoms with Crippen molar-refractivity contribution in [3.8, 4) is 0 Å². The second kappa shape index (κ2) is 6.89. The fourth-order valence-corrected chi connectivity index (χ4v) is 2.46. The number of alkyl halides is 1. The smallest absolute Gasteiger partial charge is 0.221 e. The van der Waals surface area contributed by atoms with E-state index in [1.165, 1.54) is 6.92 Å². The molecule has 0 spiro atoms. The number of rotatable bonds is 4. The number of benzene rings is 1. The molecule has 0 radical (unpaired) electrons. The van der Waals surface area contributed by atoms with Gasteiger partial charge in [0.15, 0.2) is 0 Å². The van der Waals surface area contributed by atoms with Gasteiger partial charge in [0.2, 0.25) is 5.91 Å². The number of nitrogens with zero attached hydrogens (tertiary/aromatic N) is 1. The molecule has 0 bridgehead atoms. The number of hydrogen-bond donors (Lipinski definition) is 1. The Hall–Kier alpha value is -1.10. The molecule has 1 amide bonds. The predicted molar refractivity (Wildman–Crippen MR) is 76.6 cm³/mol. The van der Waals surface area contributed by atoms with Gasteiger partial charge in [-0.25, -0.2) is 0 Å². The summed E-state index contributed by atoms with van der Waals surface area (Å²) in [4.78, 5) is 13.3. The van der Waals surface area contributed by atoms with Crippen molar-refractivity contribution in [2.45, 2.75) is 12.3 Å². The van der Waals surface area contributed by atoms with Crippen LogP contribution in [0.15, 0.2) is 24.3 Å². The van der Waals surface area contributed by atoms with Crippen molar-refractivity contribution in [3.05, 3.63) is 29.8 Å². The minimum absolute atomic E-state index is 0.0727. The van der Waals surface area contributed by atoms with Crippen LogP contribution in [-0.2, 0) is 9.53 Å². The van der Waals surface area contributed by atoms with E-state index < -0.39 is 0 Å². The zero-order valence-electron chi connectivity index (χ0n) is 11.1. The summed E-state index contributed by atoms with van der Waals surface area (Å²) in [5.41, 5.74) is 1.82. The number of amides is 1. The third kappa shape index (κ3) is 4.49. The number of morpholine rings is 1. The van der Waals surface area contributed by atoms with Crippen LogP contribution in [0.1, 0.15) is 17.9 Å². The Bertz CT molecular complexity index is 433. The Morgan fingerprint density at radius 3 is 2.89 bits per heavy atom. The summed E-state index contributed by atoms with van der Waals surface area (Å²) in [7, 11) is 0. The van der Waals surface area contributed by atoms with Gasteiger partial charge in [0.25, 0.3) is 0 Å². The van der Waals surface area contributed by atoms with E-state index in [9.17, 15) is 4.79 Å².